The van der Waals surface area contributed by atoms with Gasteiger partial charge in [0.1, 0.15) is 11.6 Å². The van der Waals surface area contributed by atoms with E-state index in [9.17, 15) is 9.18 Å². The van der Waals surface area contributed by atoms with Crippen LogP contribution in [0.1, 0.15) is 20.3 Å². The van der Waals surface area contributed by atoms with Crippen LogP contribution in [-0.2, 0) is 4.79 Å². The van der Waals surface area contributed by atoms with E-state index >= 15 is 0 Å². The molecule has 128 valence electrons. The zero-order chi connectivity index (χ0) is 17.5. The first-order valence-corrected chi connectivity index (χ1v) is 8.11. The number of carbonyl (C=O) groups is 1. The van der Waals surface area contributed by atoms with Gasteiger partial charge in [0.25, 0.3) is 0 Å². The summed E-state index contributed by atoms with van der Waals surface area (Å²) in [5.74, 6) is 0.0545. The highest BCUT2D eigenvalue weighted by Crippen LogP contribution is 2.20. The monoisotopic (exact) mass is 350 g/mol. The molecule has 0 aromatic heterocycles. The number of ether oxygens (including phenoxy) is 1. The molecule has 0 aliphatic heterocycles. The number of carbonyl (C=O) groups excluding carboxylic acids is 1. The van der Waals surface area contributed by atoms with Crippen molar-refractivity contribution in [3.05, 3.63) is 53.3 Å². The molecule has 6 heteroatoms. The lowest BCUT2D eigenvalue weighted by Crippen LogP contribution is -2.21. The van der Waals surface area contributed by atoms with Gasteiger partial charge in [-0.05, 0) is 55.8 Å². The minimum Gasteiger partial charge on any atom is -0.491 e. The molecule has 0 fully saturated rings. The van der Waals surface area contributed by atoms with Crippen LogP contribution in [0.3, 0.4) is 0 Å². The molecule has 2 aromatic carbocycles. The van der Waals surface area contributed by atoms with E-state index in [0.29, 0.717) is 11.4 Å². The number of hydrogen-bond acceptors (Lipinski definition) is 3. The van der Waals surface area contributed by atoms with E-state index < -0.39 is 5.82 Å². The van der Waals surface area contributed by atoms with E-state index in [1.165, 1.54) is 18.2 Å². The lowest BCUT2D eigenvalue weighted by atomic mass is 10.2. The summed E-state index contributed by atoms with van der Waals surface area (Å²) in [5, 5.41) is 5.67. The van der Waals surface area contributed by atoms with Crippen LogP contribution in [0.15, 0.2) is 42.5 Å². The summed E-state index contributed by atoms with van der Waals surface area (Å²) in [6.07, 6.45) is 1.08. The summed E-state index contributed by atoms with van der Waals surface area (Å²) in [5.41, 5.74) is 1.25. The number of nitrogens with one attached hydrogen (secondary N) is 2. The van der Waals surface area contributed by atoms with Gasteiger partial charge < -0.3 is 15.4 Å². The molecule has 0 bridgehead atoms. The summed E-state index contributed by atoms with van der Waals surface area (Å²) in [7, 11) is 0. The number of amides is 1. The highest BCUT2D eigenvalue weighted by molar-refractivity contribution is 6.31. The molecule has 1 atom stereocenters. The van der Waals surface area contributed by atoms with Crippen molar-refractivity contribution >= 4 is 28.9 Å². The summed E-state index contributed by atoms with van der Waals surface area (Å²) in [4.78, 5) is 11.9. The number of benzene rings is 2. The van der Waals surface area contributed by atoms with Crippen molar-refractivity contribution in [2.45, 2.75) is 26.4 Å². The van der Waals surface area contributed by atoms with Crippen LogP contribution in [0.4, 0.5) is 15.8 Å². The Morgan fingerprint density at radius 1 is 1.21 bits per heavy atom. The van der Waals surface area contributed by atoms with E-state index in [1.54, 1.807) is 12.1 Å². The Balaban J connectivity index is 1.84. The van der Waals surface area contributed by atoms with Crippen molar-refractivity contribution in [1.82, 2.24) is 0 Å². The topological polar surface area (TPSA) is 50.4 Å². The largest absolute Gasteiger partial charge is 0.491 e. The zero-order valence-corrected chi connectivity index (χ0v) is 14.4. The second kappa shape index (κ2) is 8.55. The van der Waals surface area contributed by atoms with Crippen molar-refractivity contribution in [3.63, 3.8) is 0 Å². The fourth-order valence-corrected chi connectivity index (χ4v) is 2.11. The van der Waals surface area contributed by atoms with Crippen LogP contribution in [0.25, 0.3) is 0 Å². The molecule has 24 heavy (non-hydrogen) atoms. The van der Waals surface area contributed by atoms with Crippen molar-refractivity contribution in [2.24, 2.45) is 0 Å². The highest BCUT2D eigenvalue weighted by atomic mass is 35.5. The fraction of sp³-hybridized carbons (Fsp3) is 0.278. The number of rotatable bonds is 7. The minimum atomic E-state index is -0.494. The molecule has 2 aromatic rings. The molecule has 2 N–H and O–H groups in total. The lowest BCUT2D eigenvalue weighted by Gasteiger charge is -2.13. The Labute approximate surface area is 146 Å². The third kappa shape index (κ3) is 5.42. The summed E-state index contributed by atoms with van der Waals surface area (Å²) >= 11 is 5.69. The maximum absolute atomic E-state index is 13.1. The third-order valence-corrected chi connectivity index (χ3v) is 3.71. The van der Waals surface area contributed by atoms with Gasteiger partial charge in [-0.2, -0.15) is 0 Å². The predicted molar refractivity (Wildman–Crippen MR) is 95.4 cm³/mol. The number of halogens is 2. The van der Waals surface area contributed by atoms with Crippen LogP contribution in [0.2, 0.25) is 5.02 Å². The van der Waals surface area contributed by atoms with Gasteiger partial charge in [-0.3, -0.25) is 4.79 Å². The number of hydrogen-bond donors (Lipinski definition) is 2. The Hall–Kier alpha value is -2.27. The smallest absolute Gasteiger partial charge is 0.243 e. The van der Waals surface area contributed by atoms with Crippen molar-refractivity contribution in [3.8, 4) is 5.75 Å². The predicted octanol–water partition coefficient (Wildman–Crippen LogP) is 4.71. The number of anilines is 2. The minimum absolute atomic E-state index is 0.0114. The van der Waals surface area contributed by atoms with Gasteiger partial charge in [0, 0.05) is 11.4 Å². The van der Waals surface area contributed by atoms with E-state index in [0.717, 1.165) is 12.2 Å². The quantitative estimate of drug-likeness (QED) is 0.760. The average Bonchev–Trinajstić information content (AvgIpc) is 2.57. The van der Waals surface area contributed by atoms with Gasteiger partial charge in [0.15, 0.2) is 0 Å². The van der Waals surface area contributed by atoms with Gasteiger partial charge in [0.05, 0.1) is 17.7 Å². The van der Waals surface area contributed by atoms with Gasteiger partial charge in [-0.15, -0.1) is 0 Å². The Kier molecular flexibility index (Phi) is 6.44. The van der Waals surface area contributed by atoms with E-state index in [2.05, 4.69) is 17.6 Å². The van der Waals surface area contributed by atoms with Crippen LogP contribution in [-0.4, -0.2) is 18.6 Å². The molecule has 0 saturated heterocycles. The van der Waals surface area contributed by atoms with Gasteiger partial charge >= 0.3 is 0 Å². The van der Waals surface area contributed by atoms with Gasteiger partial charge in [-0.1, -0.05) is 18.5 Å². The van der Waals surface area contributed by atoms with E-state index in [-0.39, 0.29) is 23.6 Å². The molecule has 0 spiro atoms. The molecule has 4 nitrogen and oxygen atoms in total. The molecular formula is C18H20ClFN2O2. The summed E-state index contributed by atoms with van der Waals surface area (Å²) in [6.45, 7) is 4.11. The van der Waals surface area contributed by atoms with E-state index in [1.807, 2.05) is 19.1 Å². The zero-order valence-electron chi connectivity index (χ0n) is 13.6. The molecule has 0 aliphatic carbocycles. The summed E-state index contributed by atoms with van der Waals surface area (Å²) < 4.78 is 18.8. The fourth-order valence-electron chi connectivity index (χ4n) is 1.93. The maximum Gasteiger partial charge on any atom is 0.243 e. The molecule has 0 radical (unpaired) electrons. The van der Waals surface area contributed by atoms with Gasteiger partial charge in [-0.25, -0.2) is 4.39 Å². The highest BCUT2D eigenvalue weighted by Gasteiger charge is 2.06. The Morgan fingerprint density at radius 3 is 2.50 bits per heavy atom. The van der Waals surface area contributed by atoms with Crippen LogP contribution in [0.5, 0.6) is 5.75 Å². The second-order valence-electron chi connectivity index (χ2n) is 5.39. The first kappa shape index (κ1) is 18.1. The third-order valence-electron chi connectivity index (χ3n) is 3.42. The van der Waals surface area contributed by atoms with Gasteiger partial charge in [0.2, 0.25) is 5.91 Å². The molecular weight excluding hydrogens is 331 g/mol. The second-order valence-corrected chi connectivity index (χ2v) is 5.80. The van der Waals surface area contributed by atoms with Crippen LogP contribution < -0.4 is 15.4 Å². The normalized spacial score (nSPS) is 11.7. The SMILES string of the molecule is CCC(C)Oc1ccc(NC(=O)CNc2ccc(F)c(Cl)c2)cc1. The molecule has 0 heterocycles. The van der Waals surface area contributed by atoms with E-state index in [4.69, 9.17) is 16.3 Å². The lowest BCUT2D eigenvalue weighted by molar-refractivity contribution is -0.114. The van der Waals surface area contributed by atoms with Crippen molar-refractivity contribution in [1.29, 1.82) is 0 Å². The Morgan fingerprint density at radius 2 is 1.88 bits per heavy atom. The average molecular weight is 351 g/mol. The first-order valence-electron chi connectivity index (χ1n) is 7.73. The summed E-state index contributed by atoms with van der Waals surface area (Å²) in [6, 6.07) is 11.4. The Bertz CT molecular complexity index is 692. The standard InChI is InChI=1S/C18H20ClFN2O2/c1-3-12(2)24-15-7-4-13(5-8-15)22-18(23)11-21-14-6-9-17(20)16(19)10-14/h4-10,12,21H,3,11H2,1-2H3,(H,22,23). The molecule has 0 aliphatic rings. The van der Waals surface area contributed by atoms with Crippen molar-refractivity contribution < 1.29 is 13.9 Å². The molecule has 1 unspecified atom stereocenters. The maximum atomic E-state index is 13.1. The molecule has 1 amide bonds. The molecule has 0 saturated carbocycles. The van der Waals surface area contributed by atoms with Crippen LogP contribution in [0, 0.1) is 5.82 Å². The van der Waals surface area contributed by atoms with Crippen molar-refractivity contribution in [2.75, 3.05) is 17.2 Å². The molecule has 2 rings (SSSR count). The van der Waals surface area contributed by atoms with Crippen LogP contribution >= 0.6 is 11.6 Å². The first-order chi connectivity index (χ1) is 11.5.